The highest BCUT2D eigenvalue weighted by Crippen LogP contribution is 2.22. The third-order valence-corrected chi connectivity index (χ3v) is 3.52. The van der Waals surface area contributed by atoms with Crippen LogP contribution in [0.15, 0.2) is 22.7 Å². The summed E-state index contributed by atoms with van der Waals surface area (Å²) >= 11 is 3.07. The van der Waals surface area contributed by atoms with Crippen molar-refractivity contribution in [3.63, 3.8) is 0 Å². The van der Waals surface area contributed by atoms with Crippen molar-refractivity contribution in [1.29, 1.82) is 0 Å². The van der Waals surface area contributed by atoms with Crippen molar-refractivity contribution >= 4 is 21.8 Å². The highest BCUT2D eigenvalue weighted by atomic mass is 79.9. The van der Waals surface area contributed by atoms with E-state index in [1.165, 1.54) is 6.07 Å². The maximum atomic E-state index is 13.3. The summed E-state index contributed by atoms with van der Waals surface area (Å²) < 4.78 is 24.4. The minimum absolute atomic E-state index is 0.105. The van der Waals surface area contributed by atoms with Crippen molar-refractivity contribution < 1.29 is 18.7 Å². The molecule has 1 amide bonds. The van der Waals surface area contributed by atoms with Gasteiger partial charge in [-0.25, -0.2) is 4.39 Å². The number of hydrogen-bond acceptors (Lipinski definition) is 3. The van der Waals surface area contributed by atoms with Crippen LogP contribution in [0.2, 0.25) is 0 Å². The Morgan fingerprint density at radius 3 is 2.79 bits per heavy atom. The van der Waals surface area contributed by atoms with E-state index in [2.05, 4.69) is 15.9 Å². The summed E-state index contributed by atoms with van der Waals surface area (Å²) in [6, 6.07) is 4.43. The predicted molar refractivity (Wildman–Crippen MR) is 71.6 cm³/mol. The monoisotopic (exact) mass is 331 g/mol. The number of hydrogen-bond donors (Lipinski definition) is 0. The molecule has 1 heterocycles. The average molecular weight is 332 g/mol. The fraction of sp³-hybridized carbons (Fsp3) is 0.462. The second-order valence-corrected chi connectivity index (χ2v) is 5.13. The molecule has 1 aromatic rings. The van der Waals surface area contributed by atoms with Crippen LogP contribution in [-0.2, 0) is 9.53 Å². The van der Waals surface area contributed by atoms with Gasteiger partial charge in [-0.05, 0) is 35.0 Å². The van der Waals surface area contributed by atoms with E-state index >= 15 is 0 Å². The minimum Gasteiger partial charge on any atom is -0.481 e. The Bertz CT molecular complexity index is 463. The summed E-state index contributed by atoms with van der Waals surface area (Å²) in [5.74, 6) is -0.176. The first-order valence-electron chi connectivity index (χ1n) is 6.06. The average Bonchev–Trinajstić information content (AvgIpc) is 2.43. The van der Waals surface area contributed by atoms with E-state index in [0.717, 1.165) is 0 Å². The van der Waals surface area contributed by atoms with Crippen molar-refractivity contribution in [2.45, 2.75) is 13.0 Å². The molecule has 19 heavy (non-hydrogen) atoms. The zero-order valence-corrected chi connectivity index (χ0v) is 12.2. The second-order valence-electron chi connectivity index (χ2n) is 4.27. The molecule has 4 nitrogen and oxygen atoms in total. The van der Waals surface area contributed by atoms with Crippen molar-refractivity contribution in [2.24, 2.45) is 0 Å². The lowest BCUT2D eigenvalue weighted by molar-refractivity contribution is -0.142. The van der Waals surface area contributed by atoms with Gasteiger partial charge in [-0.2, -0.15) is 0 Å². The topological polar surface area (TPSA) is 38.8 Å². The van der Waals surface area contributed by atoms with E-state index in [9.17, 15) is 9.18 Å². The maximum absolute atomic E-state index is 13.3. The van der Waals surface area contributed by atoms with Gasteiger partial charge in [-0.1, -0.05) is 0 Å². The Hall–Kier alpha value is -1.14. The van der Waals surface area contributed by atoms with Gasteiger partial charge in [-0.15, -0.1) is 0 Å². The van der Waals surface area contributed by atoms with E-state index in [1.807, 2.05) is 0 Å². The number of carbonyl (C=O) groups is 1. The number of ether oxygens (including phenoxy) is 2. The standard InChI is InChI=1S/C13H15BrFNO3/c1-9(13(17)16-4-6-18-7-5-16)19-10-2-3-11(14)12(15)8-10/h2-3,8-9H,4-7H2,1H3. The molecule has 0 spiro atoms. The molecule has 0 radical (unpaired) electrons. The second kappa shape index (κ2) is 6.34. The highest BCUT2D eigenvalue weighted by Gasteiger charge is 2.23. The Kier molecular flexibility index (Phi) is 4.76. The van der Waals surface area contributed by atoms with Crippen molar-refractivity contribution in [1.82, 2.24) is 4.90 Å². The number of amides is 1. The highest BCUT2D eigenvalue weighted by molar-refractivity contribution is 9.10. The molecule has 0 saturated carbocycles. The van der Waals surface area contributed by atoms with E-state index in [1.54, 1.807) is 24.0 Å². The normalized spacial score (nSPS) is 17.1. The SMILES string of the molecule is CC(Oc1ccc(Br)c(F)c1)C(=O)N1CCOCC1. The summed E-state index contributed by atoms with van der Waals surface area (Å²) in [6.07, 6.45) is -0.640. The van der Waals surface area contributed by atoms with Crippen LogP contribution in [0.4, 0.5) is 4.39 Å². The molecule has 0 bridgehead atoms. The van der Waals surface area contributed by atoms with Gasteiger partial charge in [0, 0.05) is 19.2 Å². The van der Waals surface area contributed by atoms with E-state index in [-0.39, 0.29) is 5.91 Å². The molecule has 0 N–H and O–H groups in total. The molecule has 1 saturated heterocycles. The van der Waals surface area contributed by atoms with Crippen LogP contribution in [0.1, 0.15) is 6.92 Å². The Morgan fingerprint density at radius 2 is 2.16 bits per heavy atom. The fourth-order valence-electron chi connectivity index (χ4n) is 1.85. The lowest BCUT2D eigenvalue weighted by Crippen LogP contribution is -2.46. The summed E-state index contributed by atoms with van der Waals surface area (Å²) in [7, 11) is 0. The molecule has 104 valence electrons. The van der Waals surface area contributed by atoms with Crippen LogP contribution in [0.3, 0.4) is 0 Å². The number of nitrogens with zero attached hydrogens (tertiary/aromatic N) is 1. The molecule has 2 rings (SSSR count). The summed E-state index contributed by atoms with van der Waals surface area (Å²) in [5.41, 5.74) is 0. The Balaban J connectivity index is 1.97. The number of morpholine rings is 1. The third-order valence-electron chi connectivity index (χ3n) is 2.87. The third kappa shape index (κ3) is 3.67. The summed E-state index contributed by atoms with van der Waals surface area (Å²) in [6.45, 7) is 3.90. The lowest BCUT2D eigenvalue weighted by atomic mass is 10.3. The molecule has 1 aliphatic heterocycles. The number of benzene rings is 1. The largest absolute Gasteiger partial charge is 0.481 e. The summed E-state index contributed by atoms with van der Waals surface area (Å²) in [4.78, 5) is 13.8. The molecular weight excluding hydrogens is 317 g/mol. The lowest BCUT2D eigenvalue weighted by Gasteiger charge is -2.29. The van der Waals surface area contributed by atoms with Crippen molar-refractivity contribution in [2.75, 3.05) is 26.3 Å². The van der Waals surface area contributed by atoms with Gasteiger partial charge in [-0.3, -0.25) is 4.79 Å². The number of carbonyl (C=O) groups excluding carboxylic acids is 1. The molecular formula is C13H15BrFNO3. The van der Waals surface area contributed by atoms with Gasteiger partial charge in [0.1, 0.15) is 11.6 Å². The zero-order valence-electron chi connectivity index (χ0n) is 10.6. The van der Waals surface area contributed by atoms with Gasteiger partial charge in [0.05, 0.1) is 17.7 Å². The fourth-order valence-corrected chi connectivity index (χ4v) is 2.09. The van der Waals surface area contributed by atoms with Gasteiger partial charge >= 0.3 is 0 Å². The van der Waals surface area contributed by atoms with E-state index in [0.29, 0.717) is 36.5 Å². The van der Waals surface area contributed by atoms with Crippen LogP contribution in [-0.4, -0.2) is 43.2 Å². The summed E-state index contributed by atoms with van der Waals surface area (Å²) in [5, 5.41) is 0. The van der Waals surface area contributed by atoms with Crippen LogP contribution in [0.5, 0.6) is 5.75 Å². The van der Waals surface area contributed by atoms with Crippen LogP contribution < -0.4 is 4.74 Å². The minimum atomic E-state index is -0.640. The first-order valence-corrected chi connectivity index (χ1v) is 6.85. The van der Waals surface area contributed by atoms with Gasteiger partial charge in [0.15, 0.2) is 6.10 Å². The zero-order chi connectivity index (χ0) is 13.8. The molecule has 0 aromatic heterocycles. The molecule has 1 atom stereocenters. The number of rotatable bonds is 3. The molecule has 1 aliphatic rings. The molecule has 1 fully saturated rings. The predicted octanol–water partition coefficient (Wildman–Crippen LogP) is 2.21. The molecule has 1 unspecified atom stereocenters. The van der Waals surface area contributed by atoms with Gasteiger partial charge < -0.3 is 14.4 Å². The van der Waals surface area contributed by atoms with Gasteiger partial charge in [0.25, 0.3) is 5.91 Å². The van der Waals surface area contributed by atoms with Crippen LogP contribution in [0, 0.1) is 5.82 Å². The van der Waals surface area contributed by atoms with Crippen molar-refractivity contribution in [3.8, 4) is 5.75 Å². The van der Waals surface area contributed by atoms with Crippen LogP contribution >= 0.6 is 15.9 Å². The molecule has 6 heteroatoms. The Morgan fingerprint density at radius 1 is 1.47 bits per heavy atom. The number of halogens is 2. The first-order chi connectivity index (χ1) is 9.08. The Labute approximate surface area is 119 Å². The van der Waals surface area contributed by atoms with E-state index in [4.69, 9.17) is 9.47 Å². The van der Waals surface area contributed by atoms with Gasteiger partial charge in [0.2, 0.25) is 0 Å². The molecule has 1 aromatic carbocycles. The van der Waals surface area contributed by atoms with E-state index < -0.39 is 11.9 Å². The quantitative estimate of drug-likeness (QED) is 0.852. The maximum Gasteiger partial charge on any atom is 0.263 e. The first kappa shape index (κ1) is 14.3. The van der Waals surface area contributed by atoms with Crippen molar-refractivity contribution in [3.05, 3.63) is 28.5 Å². The van der Waals surface area contributed by atoms with Crippen LogP contribution in [0.25, 0.3) is 0 Å². The molecule has 0 aliphatic carbocycles. The smallest absolute Gasteiger partial charge is 0.263 e.